The predicted octanol–water partition coefficient (Wildman–Crippen LogP) is 2.03. The first-order valence-electron chi connectivity index (χ1n) is 6.03. The molecule has 0 spiro atoms. The normalized spacial score (nSPS) is 31.1. The average molecular weight is 228 g/mol. The minimum Gasteiger partial charge on any atom is -0.444 e. The molecular formula is C12H24N2O2. The largest absolute Gasteiger partial charge is 0.444 e. The zero-order valence-corrected chi connectivity index (χ0v) is 10.7. The van der Waals surface area contributed by atoms with Gasteiger partial charge in [0.15, 0.2) is 0 Å². The highest BCUT2D eigenvalue weighted by Gasteiger charge is 2.31. The van der Waals surface area contributed by atoms with Gasteiger partial charge in [-0.1, -0.05) is 0 Å². The second kappa shape index (κ2) is 5.04. The first-order valence-corrected chi connectivity index (χ1v) is 6.03. The van der Waals surface area contributed by atoms with Crippen LogP contribution in [-0.2, 0) is 4.74 Å². The lowest BCUT2D eigenvalue weighted by Crippen LogP contribution is -2.44. The summed E-state index contributed by atoms with van der Waals surface area (Å²) in [6.07, 6.45) is 2.47. The second-order valence-electron chi connectivity index (χ2n) is 5.69. The van der Waals surface area contributed by atoms with E-state index in [-0.39, 0.29) is 0 Å². The molecule has 0 aromatic carbocycles. The highest BCUT2D eigenvalue weighted by molar-refractivity contribution is 5.65. The van der Waals surface area contributed by atoms with Gasteiger partial charge in [-0.25, -0.2) is 4.79 Å². The van der Waals surface area contributed by atoms with E-state index in [0.29, 0.717) is 18.0 Å². The fourth-order valence-corrected chi connectivity index (χ4v) is 2.89. The third kappa shape index (κ3) is 4.39. The number of hydrogen-bond donors (Lipinski definition) is 2. The maximum Gasteiger partial charge on any atom is 0.405 e. The molecule has 1 amide bonds. The van der Waals surface area contributed by atoms with Crippen LogP contribution in [0.25, 0.3) is 0 Å². The Balaban J connectivity index is 2.49. The van der Waals surface area contributed by atoms with Crippen molar-refractivity contribution in [3.63, 3.8) is 0 Å². The van der Waals surface area contributed by atoms with Crippen LogP contribution in [0.2, 0.25) is 0 Å². The summed E-state index contributed by atoms with van der Waals surface area (Å²) in [5.41, 5.74) is 4.61. The fourth-order valence-electron chi connectivity index (χ4n) is 2.89. The summed E-state index contributed by atoms with van der Waals surface area (Å²) < 4.78 is 5.13. The van der Waals surface area contributed by atoms with E-state index in [1.807, 2.05) is 13.8 Å². The number of hydrogen-bond acceptors (Lipinski definition) is 3. The van der Waals surface area contributed by atoms with Gasteiger partial charge in [-0.15, -0.1) is 0 Å². The van der Waals surface area contributed by atoms with E-state index in [2.05, 4.69) is 19.2 Å². The SMILES string of the molecule is CC1CC(CC(C)(C)OC(N)=O)CC(C)N1. The molecule has 1 fully saturated rings. The van der Waals surface area contributed by atoms with Crippen LogP contribution in [0.4, 0.5) is 4.79 Å². The summed E-state index contributed by atoms with van der Waals surface area (Å²) in [4.78, 5) is 10.8. The van der Waals surface area contributed by atoms with Gasteiger partial charge in [-0.2, -0.15) is 0 Å². The molecule has 1 heterocycles. The van der Waals surface area contributed by atoms with Crippen molar-refractivity contribution in [1.29, 1.82) is 0 Å². The predicted molar refractivity (Wildman–Crippen MR) is 64.1 cm³/mol. The molecule has 1 aliphatic rings. The molecular weight excluding hydrogens is 204 g/mol. The van der Waals surface area contributed by atoms with Crippen molar-refractivity contribution in [1.82, 2.24) is 5.32 Å². The number of carbonyl (C=O) groups is 1. The maximum atomic E-state index is 10.8. The number of carbonyl (C=O) groups excluding carboxylic acids is 1. The summed E-state index contributed by atoms with van der Waals surface area (Å²) in [7, 11) is 0. The Labute approximate surface area is 97.9 Å². The van der Waals surface area contributed by atoms with Crippen molar-refractivity contribution in [3.8, 4) is 0 Å². The number of primary amides is 1. The first kappa shape index (κ1) is 13.3. The Kier molecular flexibility index (Phi) is 4.19. The van der Waals surface area contributed by atoms with E-state index in [1.54, 1.807) is 0 Å². The number of piperidine rings is 1. The molecule has 0 bridgehead atoms. The average Bonchev–Trinajstić information content (AvgIpc) is 1.95. The lowest BCUT2D eigenvalue weighted by molar-refractivity contribution is 0.0189. The van der Waals surface area contributed by atoms with Gasteiger partial charge in [0.1, 0.15) is 5.60 Å². The highest BCUT2D eigenvalue weighted by atomic mass is 16.6. The standard InChI is InChI=1S/C12H24N2O2/c1-8-5-10(6-9(2)14-8)7-12(3,4)16-11(13)15/h8-10,14H,5-7H2,1-4H3,(H2,13,15). The summed E-state index contributed by atoms with van der Waals surface area (Å²) in [5.74, 6) is 0.598. The van der Waals surface area contributed by atoms with Crippen molar-refractivity contribution in [3.05, 3.63) is 0 Å². The van der Waals surface area contributed by atoms with Crippen molar-refractivity contribution in [2.24, 2.45) is 11.7 Å². The lowest BCUT2D eigenvalue weighted by atomic mass is 9.82. The highest BCUT2D eigenvalue weighted by Crippen LogP contribution is 2.30. The minimum atomic E-state index is -0.681. The van der Waals surface area contributed by atoms with Crippen molar-refractivity contribution >= 4 is 6.09 Å². The smallest absolute Gasteiger partial charge is 0.405 e. The van der Waals surface area contributed by atoms with Crippen LogP contribution in [0.1, 0.15) is 47.0 Å². The summed E-state index contributed by atoms with van der Waals surface area (Å²) in [5, 5.41) is 3.50. The molecule has 94 valence electrons. The molecule has 1 rings (SSSR count). The van der Waals surface area contributed by atoms with Crippen LogP contribution < -0.4 is 11.1 Å². The zero-order valence-electron chi connectivity index (χ0n) is 10.7. The Bertz CT molecular complexity index is 243. The summed E-state index contributed by atoms with van der Waals surface area (Å²) in [6, 6.07) is 1.08. The van der Waals surface area contributed by atoms with Gasteiger partial charge in [0.05, 0.1) is 0 Å². The van der Waals surface area contributed by atoms with Crippen LogP contribution >= 0.6 is 0 Å². The maximum absolute atomic E-state index is 10.8. The second-order valence-corrected chi connectivity index (χ2v) is 5.69. The number of ether oxygens (including phenoxy) is 1. The van der Waals surface area contributed by atoms with Gasteiger partial charge in [-0.3, -0.25) is 0 Å². The number of rotatable bonds is 3. The van der Waals surface area contributed by atoms with Gasteiger partial charge in [0, 0.05) is 12.1 Å². The molecule has 2 atom stereocenters. The number of amides is 1. The lowest BCUT2D eigenvalue weighted by Gasteiger charge is -2.36. The van der Waals surface area contributed by atoms with Crippen LogP contribution in [0.5, 0.6) is 0 Å². The zero-order chi connectivity index (χ0) is 12.3. The minimum absolute atomic E-state index is 0.451. The van der Waals surface area contributed by atoms with Gasteiger partial charge < -0.3 is 15.8 Å². The molecule has 1 aliphatic heterocycles. The van der Waals surface area contributed by atoms with E-state index in [4.69, 9.17) is 10.5 Å². The summed E-state index contributed by atoms with van der Waals surface area (Å²) in [6.45, 7) is 8.25. The van der Waals surface area contributed by atoms with E-state index in [1.165, 1.54) is 0 Å². The van der Waals surface area contributed by atoms with Gasteiger partial charge in [0.25, 0.3) is 0 Å². The molecule has 2 unspecified atom stereocenters. The Morgan fingerprint density at radius 1 is 1.38 bits per heavy atom. The van der Waals surface area contributed by atoms with E-state index < -0.39 is 11.7 Å². The Morgan fingerprint density at radius 3 is 2.31 bits per heavy atom. The first-order chi connectivity index (χ1) is 7.28. The monoisotopic (exact) mass is 228 g/mol. The van der Waals surface area contributed by atoms with Crippen LogP contribution in [0.3, 0.4) is 0 Å². The molecule has 3 N–H and O–H groups in total. The topological polar surface area (TPSA) is 64.3 Å². The summed E-state index contributed by atoms with van der Waals surface area (Å²) >= 11 is 0. The molecule has 4 heteroatoms. The third-order valence-electron chi connectivity index (χ3n) is 3.10. The number of nitrogens with two attached hydrogens (primary N) is 1. The molecule has 0 radical (unpaired) electrons. The molecule has 0 saturated carbocycles. The van der Waals surface area contributed by atoms with E-state index >= 15 is 0 Å². The fraction of sp³-hybridized carbons (Fsp3) is 0.917. The Morgan fingerprint density at radius 2 is 1.88 bits per heavy atom. The molecule has 16 heavy (non-hydrogen) atoms. The number of nitrogens with one attached hydrogen (secondary N) is 1. The van der Waals surface area contributed by atoms with Gasteiger partial charge in [0.2, 0.25) is 0 Å². The van der Waals surface area contributed by atoms with E-state index in [0.717, 1.165) is 19.3 Å². The molecule has 0 aromatic rings. The third-order valence-corrected chi connectivity index (χ3v) is 3.10. The molecule has 0 aliphatic carbocycles. The van der Waals surface area contributed by atoms with Crippen LogP contribution in [0, 0.1) is 5.92 Å². The van der Waals surface area contributed by atoms with Crippen LogP contribution in [0.15, 0.2) is 0 Å². The molecule has 4 nitrogen and oxygen atoms in total. The van der Waals surface area contributed by atoms with Crippen LogP contribution in [-0.4, -0.2) is 23.8 Å². The molecule has 0 aromatic heterocycles. The van der Waals surface area contributed by atoms with Gasteiger partial charge in [-0.05, 0) is 52.9 Å². The quantitative estimate of drug-likeness (QED) is 0.776. The van der Waals surface area contributed by atoms with Crippen molar-refractivity contribution in [2.45, 2.75) is 64.6 Å². The van der Waals surface area contributed by atoms with Crippen molar-refractivity contribution < 1.29 is 9.53 Å². The molecule has 1 saturated heterocycles. The van der Waals surface area contributed by atoms with Crippen molar-refractivity contribution in [2.75, 3.05) is 0 Å². The Hall–Kier alpha value is -0.770. The van der Waals surface area contributed by atoms with Gasteiger partial charge >= 0.3 is 6.09 Å². The van der Waals surface area contributed by atoms with E-state index in [9.17, 15) is 4.79 Å².